The summed E-state index contributed by atoms with van der Waals surface area (Å²) in [5.74, 6) is 2.13. The summed E-state index contributed by atoms with van der Waals surface area (Å²) in [7, 11) is 0. The first-order chi connectivity index (χ1) is 13.8. The van der Waals surface area contributed by atoms with E-state index in [-0.39, 0.29) is 0 Å². The van der Waals surface area contributed by atoms with Crippen LogP contribution >= 0.6 is 0 Å². The molecule has 2 aliphatic rings. The maximum absolute atomic E-state index is 12.7. The van der Waals surface area contributed by atoms with Gasteiger partial charge in [0.15, 0.2) is 0 Å². The predicted octanol–water partition coefficient (Wildman–Crippen LogP) is 4.06. The molecule has 2 aromatic heterocycles. The van der Waals surface area contributed by atoms with Gasteiger partial charge < -0.3 is 9.64 Å². The minimum Gasteiger partial charge on any atom is -0.492 e. The minimum absolute atomic E-state index is 0.349. The predicted molar refractivity (Wildman–Crippen MR) is 108 cm³/mol. The molecular weight excluding hydrogens is 352 g/mol. The number of pyridine rings is 1. The fourth-order valence-corrected chi connectivity index (χ4v) is 4.43. The number of piperidine rings is 1. The van der Waals surface area contributed by atoms with Gasteiger partial charge >= 0.3 is 0 Å². The second-order valence-corrected chi connectivity index (χ2v) is 8.22. The van der Waals surface area contributed by atoms with E-state index in [1.165, 1.54) is 32.1 Å². The van der Waals surface area contributed by atoms with Crippen LogP contribution in [0.2, 0.25) is 0 Å². The van der Waals surface area contributed by atoms with E-state index < -0.39 is 0 Å². The van der Waals surface area contributed by atoms with Gasteiger partial charge in [-0.15, -0.1) is 0 Å². The van der Waals surface area contributed by atoms with Crippen LogP contribution in [0.3, 0.4) is 0 Å². The number of nitrogens with zero attached hydrogens (tertiary/aromatic N) is 3. The van der Waals surface area contributed by atoms with Crippen LogP contribution in [0.1, 0.15) is 51.4 Å². The zero-order valence-electron chi connectivity index (χ0n) is 16.5. The minimum atomic E-state index is 0.349. The Morgan fingerprint density at radius 1 is 1.11 bits per heavy atom. The number of aromatic nitrogens is 3. The Hall–Kier alpha value is -2.37. The molecule has 1 saturated carbocycles. The van der Waals surface area contributed by atoms with Gasteiger partial charge in [-0.05, 0) is 49.8 Å². The highest BCUT2D eigenvalue weighted by molar-refractivity contribution is 5.76. The van der Waals surface area contributed by atoms with Crippen molar-refractivity contribution in [3.8, 4) is 17.1 Å². The molecule has 0 radical (unpaired) electrons. The van der Waals surface area contributed by atoms with Gasteiger partial charge in [-0.3, -0.25) is 14.9 Å². The first-order valence-corrected chi connectivity index (χ1v) is 10.6. The van der Waals surface area contributed by atoms with E-state index in [9.17, 15) is 4.79 Å². The van der Waals surface area contributed by atoms with Crippen molar-refractivity contribution in [1.29, 1.82) is 0 Å². The summed E-state index contributed by atoms with van der Waals surface area (Å²) in [6, 6.07) is 5.77. The highest BCUT2D eigenvalue weighted by Crippen LogP contribution is 2.28. The molecule has 150 valence electrons. The molecule has 1 aliphatic carbocycles. The summed E-state index contributed by atoms with van der Waals surface area (Å²) in [4.78, 5) is 19.2. The van der Waals surface area contributed by atoms with E-state index in [0.717, 1.165) is 49.5 Å². The fraction of sp³-hybridized carbons (Fsp3) is 0.591. The molecule has 0 bridgehead atoms. The number of hydrogen-bond donors (Lipinski definition) is 1. The number of carbonyl (C=O) groups excluding carboxylic acids is 1. The summed E-state index contributed by atoms with van der Waals surface area (Å²) < 4.78 is 5.97. The van der Waals surface area contributed by atoms with Crippen LogP contribution in [0.25, 0.3) is 11.4 Å². The Kier molecular flexibility index (Phi) is 6.24. The molecule has 28 heavy (non-hydrogen) atoms. The summed E-state index contributed by atoms with van der Waals surface area (Å²) in [6.07, 6.45) is 12.8. The van der Waals surface area contributed by atoms with Crippen molar-refractivity contribution in [1.82, 2.24) is 20.1 Å². The first kappa shape index (κ1) is 19.0. The van der Waals surface area contributed by atoms with Crippen molar-refractivity contribution in [2.75, 3.05) is 19.7 Å². The van der Waals surface area contributed by atoms with E-state index >= 15 is 0 Å². The number of H-pyrrole nitrogens is 1. The molecule has 1 amide bonds. The summed E-state index contributed by atoms with van der Waals surface area (Å²) in [5.41, 5.74) is 1.74. The first-order valence-electron chi connectivity index (χ1n) is 10.6. The van der Waals surface area contributed by atoms with Crippen LogP contribution in [0.4, 0.5) is 0 Å². The molecule has 0 unspecified atom stereocenters. The Morgan fingerprint density at radius 2 is 1.96 bits per heavy atom. The Morgan fingerprint density at radius 3 is 2.71 bits per heavy atom. The number of likely N-dealkylation sites (tertiary alicyclic amines) is 1. The zero-order chi connectivity index (χ0) is 19.2. The van der Waals surface area contributed by atoms with Gasteiger partial charge in [0.05, 0.1) is 24.2 Å². The number of rotatable bonds is 6. The zero-order valence-corrected chi connectivity index (χ0v) is 16.5. The van der Waals surface area contributed by atoms with Crippen LogP contribution < -0.4 is 4.74 Å². The Balaban J connectivity index is 1.25. The lowest BCUT2D eigenvalue weighted by atomic mass is 9.86. The lowest BCUT2D eigenvalue weighted by molar-refractivity contribution is -0.134. The third kappa shape index (κ3) is 4.91. The average Bonchev–Trinajstić information content (AvgIpc) is 3.28. The van der Waals surface area contributed by atoms with Gasteiger partial charge in [0.2, 0.25) is 5.91 Å². The largest absolute Gasteiger partial charge is 0.492 e. The highest BCUT2D eigenvalue weighted by Gasteiger charge is 2.26. The lowest BCUT2D eigenvalue weighted by Crippen LogP contribution is -2.42. The monoisotopic (exact) mass is 382 g/mol. The van der Waals surface area contributed by atoms with Crippen LogP contribution in [0.5, 0.6) is 5.75 Å². The van der Waals surface area contributed by atoms with E-state index in [0.29, 0.717) is 24.3 Å². The molecule has 1 atom stereocenters. The van der Waals surface area contributed by atoms with Gasteiger partial charge in [0.25, 0.3) is 0 Å². The third-order valence-electron chi connectivity index (χ3n) is 6.06. The maximum Gasteiger partial charge on any atom is 0.222 e. The van der Waals surface area contributed by atoms with E-state index in [2.05, 4.69) is 20.1 Å². The molecule has 1 N–H and O–H groups in total. The smallest absolute Gasteiger partial charge is 0.222 e. The van der Waals surface area contributed by atoms with Crippen LogP contribution in [-0.4, -0.2) is 45.7 Å². The normalized spacial score (nSPS) is 20.9. The van der Waals surface area contributed by atoms with Gasteiger partial charge in [0.1, 0.15) is 5.75 Å². The quantitative estimate of drug-likeness (QED) is 0.818. The second kappa shape index (κ2) is 9.22. The molecule has 2 fully saturated rings. The van der Waals surface area contributed by atoms with Crippen molar-refractivity contribution in [2.24, 2.45) is 11.8 Å². The maximum atomic E-state index is 12.7. The molecule has 0 spiro atoms. The molecule has 1 saturated heterocycles. The van der Waals surface area contributed by atoms with Crippen molar-refractivity contribution < 1.29 is 9.53 Å². The van der Waals surface area contributed by atoms with E-state index in [1.54, 1.807) is 12.4 Å². The lowest BCUT2D eigenvalue weighted by Gasteiger charge is -2.34. The number of ether oxygens (including phenoxy) is 1. The molecule has 0 aromatic carbocycles. The van der Waals surface area contributed by atoms with E-state index in [1.807, 2.05) is 18.2 Å². The van der Waals surface area contributed by atoms with Crippen molar-refractivity contribution >= 4 is 5.91 Å². The fourth-order valence-electron chi connectivity index (χ4n) is 4.43. The van der Waals surface area contributed by atoms with E-state index in [4.69, 9.17) is 4.74 Å². The number of hydrogen-bond acceptors (Lipinski definition) is 4. The number of carbonyl (C=O) groups is 1. The molecule has 6 heteroatoms. The molecule has 3 heterocycles. The summed E-state index contributed by atoms with van der Waals surface area (Å²) >= 11 is 0. The van der Waals surface area contributed by atoms with Crippen molar-refractivity contribution in [2.45, 2.75) is 51.4 Å². The average molecular weight is 383 g/mol. The Bertz CT molecular complexity index is 738. The molecule has 1 aliphatic heterocycles. The summed E-state index contributed by atoms with van der Waals surface area (Å²) in [6.45, 7) is 2.37. The standard InChI is InChI=1S/C22H30N4O2/c27-22(13-17-5-2-1-3-6-17)26-12-4-7-18(15-26)16-28-19-8-9-20(23-14-19)21-10-11-24-25-21/h8-11,14,17-18H,1-7,12-13,15-16H2,(H,24,25)/t18-/m1/s1. The van der Waals surface area contributed by atoms with Gasteiger partial charge in [-0.25, -0.2) is 0 Å². The van der Waals surface area contributed by atoms with Crippen LogP contribution in [0, 0.1) is 11.8 Å². The molecule has 4 rings (SSSR count). The SMILES string of the molecule is O=C(CC1CCCCC1)N1CCC[C@@H](COc2ccc(-c3ccn[nH]3)nc2)C1. The van der Waals surface area contributed by atoms with Crippen LogP contribution in [-0.2, 0) is 4.79 Å². The summed E-state index contributed by atoms with van der Waals surface area (Å²) in [5, 5.41) is 6.86. The Labute approximate surface area is 166 Å². The van der Waals surface area contributed by atoms with Gasteiger partial charge in [0, 0.05) is 31.6 Å². The topological polar surface area (TPSA) is 71.1 Å². The van der Waals surface area contributed by atoms with Crippen molar-refractivity contribution in [3.05, 3.63) is 30.6 Å². The molecule has 6 nitrogen and oxygen atoms in total. The second-order valence-electron chi connectivity index (χ2n) is 8.22. The van der Waals surface area contributed by atoms with Gasteiger partial charge in [-0.1, -0.05) is 19.3 Å². The molecule has 2 aromatic rings. The third-order valence-corrected chi connectivity index (χ3v) is 6.06. The van der Waals surface area contributed by atoms with Crippen LogP contribution in [0.15, 0.2) is 30.6 Å². The molecular formula is C22H30N4O2. The highest BCUT2D eigenvalue weighted by atomic mass is 16.5. The number of amides is 1. The van der Waals surface area contributed by atoms with Crippen molar-refractivity contribution in [3.63, 3.8) is 0 Å². The number of aromatic amines is 1. The van der Waals surface area contributed by atoms with Gasteiger partial charge in [-0.2, -0.15) is 5.10 Å². The number of nitrogens with one attached hydrogen (secondary N) is 1.